The van der Waals surface area contributed by atoms with Gasteiger partial charge in [0, 0.05) is 30.3 Å². The van der Waals surface area contributed by atoms with Gasteiger partial charge in [-0.2, -0.15) is 0 Å². The molecule has 1 saturated heterocycles. The highest BCUT2D eigenvalue weighted by molar-refractivity contribution is 8.18. The fourth-order valence-corrected chi connectivity index (χ4v) is 4.42. The molecule has 0 spiro atoms. The summed E-state index contributed by atoms with van der Waals surface area (Å²) in [5.74, 6) is 0.862. The second-order valence-corrected chi connectivity index (χ2v) is 8.06. The Morgan fingerprint density at radius 2 is 1.94 bits per heavy atom. The molecule has 0 aliphatic carbocycles. The number of furan rings is 1. The van der Waals surface area contributed by atoms with Gasteiger partial charge in [-0.1, -0.05) is 37.3 Å². The Hall–Kier alpha value is -3.65. The maximum Gasteiger partial charge on any atom is 0.270 e. The molecule has 0 atom stereocenters. The minimum atomic E-state index is -0.444. The van der Waals surface area contributed by atoms with Gasteiger partial charge in [0.25, 0.3) is 11.6 Å². The van der Waals surface area contributed by atoms with E-state index in [0.29, 0.717) is 33.7 Å². The number of nitro groups is 1. The molecule has 32 heavy (non-hydrogen) atoms. The normalized spacial score (nSPS) is 16.3. The molecule has 2 aromatic carbocycles. The first-order valence-corrected chi connectivity index (χ1v) is 11.0. The topological polar surface area (TPSA) is 89.0 Å². The van der Waals surface area contributed by atoms with Crippen LogP contribution in [0.2, 0.25) is 0 Å². The monoisotopic (exact) mass is 447 g/mol. The second kappa shape index (κ2) is 9.23. The van der Waals surface area contributed by atoms with Crippen LogP contribution in [-0.2, 0) is 11.2 Å². The first kappa shape index (κ1) is 21.6. The maximum absolute atomic E-state index is 12.9. The molecule has 0 unspecified atom stereocenters. The van der Waals surface area contributed by atoms with Crippen molar-refractivity contribution in [1.82, 2.24) is 4.90 Å². The molecular weight excluding hydrogens is 426 g/mol. The van der Waals surface area contributed by atoms with E-state index in [2.05, 4.69) is 6.92 Å². The molecule has 8 heteroatoms. The Bertz CT molecular complexity index is 1250. The van der Waals surface area contributed by atoms with Gasteiger partial charge >= 0.3 is 0 Å². The molecule has 3 aromatic rings. The molecule has 1 aliphatic heterocycles. The molecule has 1 amide bonds. The molecular formula is C24H21N3O4S. The molecule has 162 valence electrons. The van der Waals surface area contributed by atoms with Crippen molar-refractivity contribution in [3.8, 4) is 11.3 Å². The number of hydrogen-bond acceptors (Lipinski definition) is 6. The number of nitrogens with zero attached hydrogens (tertiary/aromatic N) is 3. The summed E-state index contributed by atoms with van der Waals surface area (Å²) in [5, 5.41) is 11.7. The number of amides is 1. The lowest BCUT2D eigenvalue weighted by atomic mass is 10.1. The van der Waals surface area contributed by atoms with Gasteiger partial charge in [0.15, 0.2) is 5.17 Å². The summed E-state index contributed by atoms with van der Waals surface area (Å²) in [5.41, 5.74) is 2.57. The van der Waals surface area contributed by atoms with Gasteiger partial charge in [0.05, 0.1) is 15.5 Å². The van der Waals surface area contributed by atoms with E-state index in [9.17, 15) is 14.9 Å². The highest BCUT2D eigenvalue weighted by atomic mass is 32.2. The molecule has 4 rings (SSSR count). The molecule has 7 nitrogen and oxygen atoms in total. The highest BCUT2D eigenvalue weighted by Crippen LogP contribution is 2.35. The number of aliphatic imine (C=N–C) groups is 1. The summed E-state index contributed by atoms with van der Waals surface area (Å²) < 4.78 is 5.85. The number of non-ortho nitro benzene ring substituents is 1. The van der Waals surface area contributed by atoms with E-state index in [0.717, 1.165) is 17.7 Å². The van der Waals surface area contributed by atoms with Crippen molar-refractivity contribution in [2.24, 2.45) is 4.99 Å². The molecule has 0 radical (unpaired) electrons. The molecule has 0 N–H and O–H groups in total. The van der Waals surface area contributed by atoms with Crippen LogP contribution in [0.25, 0.3) is 17.4 Å². The smallest absolute Gasteiger partial charge is 0.270 e. The quantitative estimate of drug-likeness (QED) is 0.261. The number of amidine groups is 1. The number of carbonyl (C=O) groups excluding carboxylic acids is 1. The maximum atomic E-state index is 12.9. The van der Waals surface area contributed by atoms with Crippen LogP contribution < -0.4 is 0 Å². The number of likely N-dealkylation sites (N-methyl/N-ethyl adjacent to an activating group) is 1. The lowest BCUT2D eigenvalue weighted by Crippen LogP contribution is -2.28. The SMILES string of the molecule is CCc1ccccc1N=C1S/C(=C/c2ccc(-c3cccc([N+](=O)[O-])c3)o2)C(=O)N1CC. The van der Waals surface area contributed by atoms with E-state index < -0.39 is 4.92 Å². The van der Waals surface area contributed by atoms with Crippen LogP contribution in [0.15, 0.2) is 75.0 Å². The zero-order valence-electron chi connectivity index (χ0n) is 17.6. The van der Waals surface area contributed by atoms with Crippen LogP contribution in [-0.4, -0.2) is 27.4 Å². The van der Waals surface area contributed by atoms with Crippen LogP contribution in [0.1, 0.15) is 25.2 Å². The van der Waals surface area contributed by atoms with Crippen molar-refractivity contribution >= 4 is 40.3 Å². The largest absolute Gasteiger partial charge is 0.457 e. The molecule has 0 saturated carbocycles. The third kappa shape index (κ3) is 4.36. The number of nitro benzene ring substituents is 1. The lowest BCUT2D eigenvalue weighted by Gasteiger charge is -2.12. The average molecular weight is 448 g/mol. The van der Waals surface area contributed by atoms with Crippen molar-refractivity contribution in [2.75, 3.05) is 6.54 Å². The van der Waals surface area contributed by atoms with Gasteiger partial charge in [-0.05, 0) is 48.9 Å². The summed E-state index contributed by atoms with van der Waals surface area (Å²) >= 11 is 1.31. The number of carbonyl (C=O) groups is 1. The molecule has 1 aromatic heterocycles. The third-order valence-electron chi connectivity index (χ3n) is 5.03. The van der Waals surface area contributed by atoms with E-state index in [1.165, 1.54) is 23.9 Å². The van der Waals surface area contributed by atoms with Gasteiger partial charge in [-0.25, -0.2) is 4.99 Å². The summed E-state index contributed by atoms with van der Waals surface area (Å²) in [6.45, 7) is 4.49. The van der Waals surface area contributed by atoms with Crippen molar-refractivity contribution in [2.45, 2.75) is 20.3 Å². The summed E-state index contributed by atoms with van der Waals surface area (Å²) in [6.07, 6.45) is 2.54. The van der Waals surface area contributed by atoms with Crippen LogP contribution in [0.4, 0.5) is 11.4 Å². The average Bonchev–Trinajstić information content (AvgIpc) is 3.39. The zero-order valence-corrected chi connectivity index (χ0v) is 18.5. The fourth-order valence-electron chi connectivity index (χ4n) is 3.38. The lowest BCUT2D eigenvalue weighted by molar-refractivity contribution is -0.384. The van der Waals surface area contributed by atoms with E-state index in [1.807, 2.05) is 31.2 Å². The molecule has 0 bridgehead atoms. The van der Waals surface area contributed by atoms with Gasteiger partial charge in [0.2, 0.25) is 0 Å². The Labute approximate surface area is 189 Å². The van der Waals surface area contributed by atoms with Crippen molar-refractivity contribution in [3.63, 3.8) is 0 Å². The minimum Gasteiger partial charge on any atom is -0.457 e. The second-order valence-electron chi connectivity index (χ2n) is 7.05. The van der Waals surface area contributed by atoms with Crippen molar-refractivity contribution < 1.29 is 14.1 Å². The Kier molecular flexibility index (Phi) is 6.23. The van der Waals surface area contributed by atoms with Crippen LogP contribution >= 0.6 is 11.8 Å². The number of rotatable bonds is 6. The first-order valence-electron chi connectivity index (χ1n) is 10.2. The van der Waals surface area contributed by atoms with Gasteiger partial charge in [-0.15, -0.1) is 0 Å². The highest BCUT2D eigenvalue weighted by Gasteiger charge is 2.32. The van der Waals surface area contributed by atoms with Crippen molar-refractivity contribution in [3.05, 3.63) is 87.0 Å². The Morgan fingerprint density at radius 1 is 1.12 bits per heavy atom. The minimum absolute atomic E-state index is 0.00728. The van der Waals surface area contributed by atoms with E-state index in [-0.39, 0.29) is 11.6 Å². The predicted molar refractivity (Wildman–Crippen MR) is 127 cm³/mol. The fraction of sp³-hybridized carbons (Fsp3) is 0.167. The van der Waals surface area contributed by atoms with Crippen LogP contribution in [0.5, 0.6) is 0 Å². The Morgan fingerprint density at radius 3 is 2.69 bits per heavy atom. The van der Waals surface area contributed by atoms with Gasteiger partial charge in [0.1, 0.15) is 11.5 Å². The number of hydrogen-bond donors (Lipinski definition) is 0. The van der Waals surface area contributed by atoms with E-state index in [4.69, 9.17) is 9.41 Å². The van der Waals surface area contributed by atoms with E-state index >= 15 is 0 Å². The molecule has 1 aliphatic rings. The predicted octanol–water partition coefficient (Wildman–Crippen LogP) is 6.04. The van der Waals surface area contributed by atoms with Crippen LogP contribution in [0.3, 0.4) is 0 Å². The molecule has 1 fully saturated rings. The zero-order chi connectivity index (χ0) is 22.7. The summed E-state index contributed by atoms with van der Waals surface area (Å²) in [4.78, 5) is 30.4. The summed E-state index contributed by atoms with van der Waals surface area (Å²) in [6, 6.07) is 17.6. The standard InChI is InChI=1S/C24H21N3O4S/c1-3-16-8-5-6-11-20(16)25-24-26(4-2)23(28)22(32-24)15-19-12-13-21(31-19)17-9-7-10-18(14-17)27(29)30/h5-15H,3-4H2,1-2H3/b22-15+,25-24?. The van der Waals surface area contributed by atoms with Crippen LogP contribution in [0, 0.1) is 10.1 Å². The number of thioether (sulfide) groups is 1. The first-order chi connectivity index (χ1) is 15.5. The number of aryl methyl sites for hydroxylation is 1. The van der Waals surface area contributed by atoms with Crippen molar-refractivity contribution in [1.29, 1.82) is 0 Å². The number of para-hydroxylation sites is 1. The van der Waals surface area contributed by atoms with Gasteiger partial charge < -0.3 is 4.42 Å². The number of benzene rings is 2. The molecule has 2 heterocycles. The third-order valence-corrected chi connectivity index (χ3v) is 6.04. The summed E-state index contributed by atoms with van der Waals surface area (Å²) in [7, 11) is 0. The Balaban J connectivity index is 1.63. The van der Waals surface area contributed by atoms with Gasteiger partial charge in [-0.3, -0.25) is 19.8 Å². The van der Waals surface area contributed by atoms with E-state index in [1.54, 1.807) is 35.2 Å².